The van der Waals surface area contributed by atoms with Gasteiger partial charge in [0.1, 0.15) is 6.07 Å². The van der Waals surface area contributed by atoms with Crippen molar-refractivity contribution in [1.29, 1.82) is 10.7 Å². The van der Waals surface area contributed by atoms with Gasteiger partial charge >= 0.3 is 5.97 Å². The molecule has 0 fully saturated rings. The fourth-order valence-electron chi connectivity index (χ4n) is 1.75. The van der Waals surface area contributed by atoms with Crippen molar-refractivity contribution in [2.24, 2.45) is 10.8 Å². The zero-order valence-corrected chi connectivity index (χ0v) is 12.1. The molecule has 0 saturated heterocycles. The number of nitrogens with zero attached hydrogens (tertiary/aromatic N) is 4. The number of hydrogen-bond acceptors (Lipinski definition) is 7. The van der Waals surface area contributed by atoms with Crippen LogP contribution in [0.1, 0.15) is 10.4 Å². The summed E-state index contributed by atoms with van der Waals surface area (Å²) in [6.45, 7) is 0. The lowest BCUT2D eigenvalue weighted by Crippen LogP contribution is -2.22. The third kappa shape index (κ3) is 3.51. The van der Waals surface area contributed by atoms with E-state index in [9.17, 15) is 4.79 Å². The van der Waals surface area contributed by atoms with E-state index in [0.29, 0.717) is 11.4 Å². The number of carbonyl (C=O) groups excluding carboxylic acids is 1. The monoisotopic (exact) mass is 311 g/mol. The summed E-state index contributed by atoms with van der Waals surface area (Å²) in [5, 5.41) is 19.8. The van der Waals surface area contributed by atoms with Crippen LogP contribution in [0.15, 0.2) is 42.0 Å². The second kappa shape index (κ2) is 6.86. The Morgan fingerprint density at radius 3 is 2.91 bits per heavy atom. The summed E-state index contributed by atoms with van der Waals surface area (Å²) in [4.78, 5) is 15.8. The predicted octanol–water partition coefficient (Wildman–Crippen LogP) is 0.886. The first-order valence-electron chi connectivity index (χ1n) is 6.35. The van der Waals surface area contributed by atoms with Gasteiger partial charge in [0.25, 0.3) is 0 Å². The van der Waals surface area contributed by atoms with Gasteiger partial charge < -0.3 is 15.0 Å². The summed E-state index contributed by atoms with van der Waals surface area (Å²) in [5.74, 6) is -1.05. The average molecular weight is 311 g/mol. The number of methoxy groups -OCH3 is 1. The topological polar surface area (TPSA) is 142 Å². The van der Waals surface area contributed by atoms with Crippen molar-refractivity contribution in [2.45, 2.75) is 0 Å². The van der Waals surface area contributed by atoms with Gasteiger partial charge in [-0.1, -0.05) is 0 Å². The molecular weight excluding hydrogens is 298 g/mol. The van der Waals surface area contributed by atoms with Crippen LogP contribution in [0.25, 0.3) is 5.69 Å². The third-order valence-corrected chi connectivity index (χ3v) is 2.86. The lowest BCUT2D eigenvalue weighted by molar-refractivity contribution is 0.0602. The van der Waals surface area contributed by atoms with Gasteiger partial charge in [-0.25, -0.2) is 9.78 Å². The van der Waals surface area contributed by atoms with E-state index < -0.39 is 11.8 Å². The maximum Gasteiger partial charge on any atom is 0.340 e. The zero-order valence-electron chi connectivity index (χ0n) is 12.1. The fourth-order valence-corrected chi connectivity index (χ4v) is 1.75. The molecule has 0 bridgehead atoms. The molecule has 0 atom stereocenters. The van der Waals surface area contributed by atoms with Crippen LogP contribution in [-0.2, 0) is 4.74 Å². The van der Waals surface area contributed by atoms with Crippen molar-refractivity contribution in [3.05, 3.63) is 42.5 Å². The van der Waals surface area contributed by atoms with E-state index in [2.05, 4.69) is 15.5 Å². The number of anilines is 1. The number of aromatic nitrogens is 2. The molecule has 1 aromatic carbocycles. The Hall–Kier alpha value is -3.67. The number of nitrogens with one attached hydrogen (secondary N) is 2. The average Bonchev–Trinajstić information content (AvgIpc) is 3.08. The van der Waals surface area contributed by atoms with E-state index in [0.717, 1.165) is 0 Å². The molecule has 1 heterocycles. The number of imidazole rings is 1. The first-order chi connectivity index (χ1) is 11.1. The van der Waals surface area contributed by atoms with Crippen LogP contribution in [-0.4, -0.2) is 34.2 Å². The molecule has 9 heteroatoms. The van der Waals surface area contributed by atoms with Gasteiger partial charge in [-0.15, -0.1) is 0 Å². The second-order valence-corrected chi connectivity index (χ2v) is 4.29. The van der Waals surface area contributed by atoms with Gasteiger partial charge in [0.15, 0.2) is 5.84 Å². The number of carbonyl (C=O) groups is 1. The van der Waals surface area contributed by atoms with Gasteiger partial charge in [0.2, 0.25) is 5.71 Å². The Bertz CT molecular complexity index is 803. The maximum absolute atomic E-state index is 11.8. The van der Waals surface area contributed by atoms with E-state index in [4.69, 9.17) is 21.1 Å². The van der Waals surface area contributed by atoms with E-state index in [1.807, 2.05) is 0 Å². The number of hydrazone groups is 1. The Morgan fingerprint density at radius 2 is 2.35 bits per heavy atom. The van der Waals surface area contributed by atoms with E-state index in [1.54, 1.807) is 47.6 Å². The largest absolute Gasteiger partial charge is 0.465 e. The van der Waals surface area contributed by atoms with Crippen molar-refractivity contribution in [1.82, 2.24) is 9.55 Å². The maximum atomic E-state index is 11.8. The highest BCUT2D eigenvalue weighted by molar-refractivity contribution is 6.45. The SMILES string of the molecule is COC(=O)c1ccc(-n2ccnc2)cc1N/N=C(\C#N)C(=N)N. The first-order valence-corrected chi connectivity index (χ1v) is 6.35. The smallest absolute Gasteiger partial charge is 0.340 e. The lowest BCUT2D eigenvalue weighted by atomic mass is 10.1. The van der Waals surface area contributed by atoms with Crippen LogP contribution in [0, 0.1) is 16.7 Å². The van der Waals surface area contributed by atoms with Crippen LogP contribution in [0.2, 0.25) is 0 Å². The molecule has 1 aromatic heterocycles. The van der Waals surface area contributed by atoms with Gasteiger partial charge in [-0.3, -0.25) is 10.8 Å². The van der Waals surface area contributed by atoms with Gasteiger partial charge in [0.05, 0.1) is 24.7 Å². The molecule has 0 spiro atoms. The van der Waals surface area contributed by atoms with Crippen LogP contribution in [0.5, 0.6) is 0 Å². The van der Waals surface area contributed by atoms with E-state index in [1.165, 1.54) is 7.11 Å². The van der Waals surface area contributed by atoms with Crippen molar-refractivity contribution in [3.8, 4) is 11.8 Å². The Morgan fingerprint density at radius 1 is 1.57 bits per heavy atom. The molecule has 0 saturated carbocycles. The second-order valence-electron chi connectivity index (χ2n) is 4.29. The molecule has 4 N–H and O–H groups in total. The molecular formula is C14H13N7O2. The van der Waals surface area contributed by atoms with Gasteiger partial charge in [-0.05, 0) is 18.2 Å². The summed E-state index contributed by atoms with van der Waals surface area (Å²) >= 11 is 0. The first kappa shape index (κ1) is 15.7. The zero-order chi connectivity index (χ0) is 16.8. The standard InChI is InChI=1S/C14H13N7O2/c1-23-14(22)10-3-2-9(21-5-4-18-8-21)6-11(10)19-20-12(7-15)13(16)17/h2-6,8,19H,1H3,(H3,16,17)/b20-12+. The summed E-state index contributed by atoms with van der Waals surface area (Å²) in [6, 6.07) is 6.58. The molecule has 0 aliphatic heterocycles. The number of esters is 1. The minimum Gasteiger partial charge on any atom is -0.465 e. The van der Waals surface area contributed by atoms with Gasteiger partial charge in [-0.2, -0.15) is 10.4 Å². The van der Waals surface area contributed by atoms with Crippen LogP contribution < -0.4 is 11.2 Å². The predicted molar refractivity (Wildman–Crippen MR) is 83.5 cm³/mol. The molecule has 0 aliphatic rings. The Kier molecular flexibility index (Phi) is 4.69. The summed E-state index contributed by atoms with van der Waals surface area (Å²) in [7, 11) is 1.26. The quantitative estimate of drug-likeness (QED) is 0.324. The number of hydrogen-bond donors (Lipinski definition) is 3. The molecule has 0 amide bonds. The normalized spacial score (nSPS) is 10.7. The van der Waals surface area contributed by atoms with E-state index >= 15 is 0 Å². The van der Waals surface area contributed by atoms with Crippen molar-refractivity contribution in [2.75, 3.05) is 12.5 Å². The Balaban J connectivity index is 2.45. The summed E-state index contributed by atoms with van der Waals surface area (Å²) in [5.41, 5.74) is 8.75. The molecule has 2 rings (SSSR count). The van der Waals surface area contributed by atoms with Crippen molar-refractivity contribution < 1.29 is 9.53 Å². The molecule has 0 radical (unpaired) electrons. The molecule has 23 heavy (non-hydrogen) atoms. The highest BCUT2D eigenvalue weighted by atomic mass is 16.5. The lowest BCUT2D eigenvalue weighted by Gasteiger charge is -2.10. The number of nitriles is 1. The van der Waals surface area contributed by atoms with Crippen LogP contribution in [0.3, 0.4) is 0 Å². The Labute approximate surface area is 131 Å². The van der Waals surface area contributed by atoms with E-state index in [-0.39, 0.29) is 11.3 Å². The number of benzene rings is 1. The summed E-state index contributed by atoms with van der Waals surface area (Å²) in [6.07, 6.45) is 4.94. The highest BCUT2D eigenvalue weighted by Gasteiger charge is 2.13. The fraction of sp³-hybridized carbons (Fsp3) is 0.0714. The number of ether oxygens (including phenoxy) is 1. The number of nitrogens with two attached hydrogens (primary N) is 1. The third-order valence-electron chi connectivity index (χ3n) is 2.86. The van der Waals surface area contributed by atoms with Crippen molar-refractivity contribution in [3.63, 3.8) is 0 Å². The van der Waals surface area contributed by atoms with Crippen LogP contribution >= 0.6 is 0 Å². The number of amidine groups is 1. The highest BCUT2D eigenvalue weighted by Crippen LogP contribution is 2.21. The minimum atomic E-state index is -0.568. The molecule has 2 aromatic rings. The molecule has 9 nitrogen and oxygen atoms in total. The van der Waals surface area contributed by atoms with Crippen molar-refractivity contribution >= 4 is 23.2 Å². The number of rotatable bonds is 5. The van der Waals surface area contributed by atoms with Crippen LogP contribution in [0.4, 0.5) is 5.69 Å². The van der Waals surface area contributed by atoms with Gasteiger partial charge in [0, 0.05) is 18.1 Å². The summed E-state index contributed by atoms with van der Waals surface area (Å²) < 4.78 is 6.44. The molecule has 0 unspecified atom stereocenters. The molecule has 0 aliphatic carbocycles. The molecule has 116 valence electrons. The minimum absolute atomic E-state index is 0.223.